The number of hydrogen-bond donors (Lipinski definition) is 1. The number of halogens is 1. The van der Waals surface area contributed by atoms with Crippen molar-refractivity contribution in [1.82, 2.24) is 14.8 Å². The Morgan fingerprint density at radius 3 is 2.52 bits per heavy atom. The zero-order valence-corrected chi connectivity index (χ0v) is 12.4. The molecule has 0 radical (unpaired) electrons. The molecular formula is C15H10BrN3O2. The first-order valence-electron chi connectivity index (χ1n) is 6.16. The first-order valence-corrected chi connectivity index (χ1v) is 6.95. The lowest BCUT2D eigenvalue weighted by Gasteiger charge is -2.06. The SMILES string of the molecule is O=C(O)c1cc(-c2ccccn2)n(-c2ccc(Br)cc2)n1. The highest BCUT2D eigenvalue weighted by atomic mass is 79.9. The predicted octanol–water partition coefficient (Wildman–Crippen LogP) is 3.40. The van der Waals surface area contributed by atoms with Crippen LogP contribution < -0.4 is 0 Å². The smallest absolute Gasteiger partial charge is 0.356 e. The molecule has 0 saturated carbocycles. The summed E-state index contributed by atoms with van der Waals surface area (Å²) in [4.78, 5) is 15.4. The van der Waals surface area contributed by atoms with E-state index < -0.39 is 5.97 Å². The second-order valence-corrected chi connectivity index (χ2v) is 5.24. The largest absolute Gasteiger partial charge is 0.476 e. The zero-order chi connectivity index (χ0) is 14.8. The summed E-state index contributed by atoms with van der Waals surface area (Å²) in [5.74, 6) is -1.07. The van der Waals surface area contributed by atoms with Crippen LogP contribution in [0.3, 0.4) is 0 Å². The lowest BCUT2D eigenvalue weighted by atomic mass is 10.2. The van der Waals surface area contributed by atoms with E-state index in [4.69, 9.17) is 5.11 Å². The van der Waals surface area contributed by atoms with Crippen molar-refractivity contribution >= 4 is 21.9 Å². The quantitative estimate of drug-likeness (QED) is 0.791. The highest BCUT2D eigenvalue weighted by Gasteiger charge is 2.16. The van der Waals surface area contributed by atoms with Gasteiger partial charge in [-0.05, 0) is 36.4 Å². The molecule has 104 valence electrons. The van der Waals surface area contributed by atoms with Crippen molar-refractivity contribution in [3.05, 3.63) is 64.9 Å². The molecule has 21 heavy (non-hydrogen) atoms. The van der Waals surface area contributed by atoms with Gasteiger partial charge in [-0.25, -0.2) is 9.48 Å². The summed E-state index contributed by atoms with van der Waals surface area (Å²) in [7, 11) is 0. The second-order valence-electron chi connectivity index (χ2n) is 4.32. The van der Waals surface area contributed by atoms with Crippen molar-refractivity contribution in [2.75, 3.05) is 0 Å². The third-order valence-corrected chi connectivity index (χ3v) is 3.46. The van der Waals surface area contributed by atoms with Crippen molar-refractivity contribution in [3.8, 4) is 17.1 Å². The number of carbonyl (C=O) groups is 1. The summed E-state index contributed by atoms with van der Waals surface area (Å²) in [5.41, 5.74) is 2.06. The lowest BCUT2D eigenvalue weighted by Crippen LogP contribution is -2.02. The van der Waals surface area contributed by atoms with Crippen LogP contribution in [0.2, 0.25) is 0 Å². The Hall–Kier alpha value is -2.47. The molecule has 0 aliphatic carbocycles. The van der Waals surface area contributed by atoms with Crippen LogP contribution in [-0.4, -0.2) is 25.8 Å². The molecule has 0 amide bonds. The molecule has 1 N–H and O–H groups in total. The standard InChI is InChI=1S/C15H10BrN3O2/c16-10-4-6-11(7-5-10)19-14(9-13(18-19)15(20)21)12-3-1-2-8-17-12/h1-9H,(H,20,21). The van der Waals surface area contributed by atoms with E-state index >= 15 is 0 Å². The molecule has 0 bridgehead atoms. The van der Waals surface area contributed by atoms with Gasteiger partial charge >= 0.3 is 5.97 Å². The fourth-order valence-electron chi connectivity index (χ4n) is 1.96. The number of nitrogens with zero attached hydrogens (tertiary/aromatic N) is 3. The maximum atomic E-state index is 11.2. The molecule has 0 spiro atoms. The molecule has 6 heteroatoms. The number of aromatic carboxylic acids is 1. The molecule has 0 fully saturated rings. The molecule has 0 unspecified atom stereocenters. The fraction of sp³-hybridized carbons (Fsp3) is 0. The molecule has 1 aromatic carbocycles. The Bertz CT molecular complexity index is 782. The predicted molar refractivity (Wildman–Crippen MR) is 81.5 cm³/mol. The lowest BCUT2D eigenvalue weighted by molar-refractivity contribution is 0.0690. The van der Waals surface area contributed by atoms with Crippen molar-refractivity contribution in [3.63, 3.8) is 0 Å². The van der Waals surface area contributed by atoms with Crippen LogP contribution in [0.15, 0.2) is 59.2 Å². The van der Waals surface area contributed by atoms with Gasteiger partial charge in [0, 0.05) is 16.7 Å². The molecule has 0 aliphatic heterocycles. The Morgan fingerprint density at radius 2 is 1.90 bits per heavy atom. The van der Waals surface area contributed by atoms with Crippen LogP contribution in [0.1, 0.15) is 10.5 Å². The topological polar surface area (TPSA) is 68.0 Å². The van der Waals surface area contributed by atoms with Crippen LogP contribution in [0, 0.1) is 0 Å². The average molecular weight is 344 g/mol. The first kappa shape index (κ1) is 13.5. The normalized spacial score (nSPS) is 10.5. The average Bonchev–Trinajstić information content (AvgIpc) is 2.94. The van der Waals surface area contributed by atoms with E-state index in [-0.39, 0.29) is 5.69 Å². The van der Waals surface area contributed by atoms with Crippen LogP contribution in [0.25, 0.3) is 17.1 Å². The highest BCUT2D eigenvalue weighted by molar-refractivity contribution is 9.10. The molecule has 5 nitrogen and oxygen atoms in total. The minimum Gasteiger partial charge on any atom is -0.476 e. The zero-order valence-electron chi connectivity index (χ0n) is 10.8. The molecule has 3 rings (SSSR count). The fourth-order valence-corrected chi connectivity index (χ4v) is 2.23. The van der Waals surface area contributed by atoms with E-state index in [2.05, 4.69) is 26.0 Å². The van der Waals surface area contributed by atoms with Gasteiger partial charge in [0.1, 0.15) is 0 Å². The third kappa shape index (κ3) is 2.71. The van der Waals surface area contributed by atoms with Gasteiger partial charge in [-0.15, -0.1) is 0 Å². The summed E-state index contributed by atoms with van der Waals surface area (Å²) >= 11 is 3.37. The minimum atomic E-state index is -1.07. The third-order valence-electron chi connectivity index (χ3n) is 2.93. The van der Waals surface area contributed by atoms with Crippen molar-refractivity contribution in [2.24, 2.45) is 0 Å². The van der Waals surface area contributed by atoms with Crippen LogP contribution in [0.5, 0.6) is 0 Å². The first-order chi connectivity index (χ1) is 10.1. The van der Waals surface area contributed by atoms with Crippen LogP contribution in [0.4, 0.5) is 0 Å². The van der Waals surface area contributed by atoms with E-state index in [0.717, 1.165) is 10.2 Å². The summed E-state index contributed by atoms with van der Waals surface area (Å²) in [5, 5.41) is 13.3. The van der Waals surface area contributed by atoms with Crippen molar-refractivity contribution < 1.29 is 9.90 Å². The summed E-state index contributed by atoms with van der Waals surface area (Å²) in [6, 6.07) is 14.5. The number of benzene rings is 1. The summed E-state index contributed by atoms with van der Waals surface area (Å²) < 4.78 is 2.52. The Balaban J connectivity index is 2.19. The van der Waals surface area contributed by atoms with E-state index in [1.807, 2.05) is 42.5 Å². The number of carboxylic acid groups (broad SMARTS) is 1. The van der Waals surface area contributed by atoms with E-state index in [1.165, 1.54) is 6.07 Å². The van der Waals surface area contributed by atoms with Crippen LogP contribution >= 0.6 is 15.9 Å². The van der Waals surface area contributed by atoms with Crippen molar-refractivity contribution in [1.29, 1.82) is 0 Å². The van der Waals surface area contributed by atoms with Gasteiger partial charge in [-0.1, -0.05) is 22.0 Å². The van der Waals surface area contributed by atoms with E-state index in [1.54, 1.807) is 10.9 Å². The summed E-state index contributed by atoms with van der Waals surface area (Å²) in [6.07, 6.45) is 1.66. The van der Waals surface area contributed by atoms with E-state index in [9.17, 15) is 4.79 Å². The van der Waals surface area contributed by atoms with Gasteiger partial charge in [-0.3, -0.25) is 4.98 Å². The molecule has 2 aromatic heterocycles. The Morgan fingerprint density at radius 1 is 1.14 bits per heavy atom. The summed E-state index contributed by atoms with van der Waals surface area (Å²) in [6.45, 7) is 0. The monoisotopic (exact) mass is 343 g/mol. The molecule has 0 atom stereocenters. The number of hydrogen-bond acceptors (Lipinski definition) is 3. The highest BCUT2D eigenvalue weighted by Crippen LogP contribution is 2.23. The Labute approximate surface area is 129 Å². The molecule has 0 saturated heterocycles. The molecule has 0 aliphatic rings. The molecule has 3 aromatic rings. The van der Waals surface area contributed by atoms with Gasteiger partial charge in [0.15, 0.2) is 5.69 Å². The maximum Gasteiger partial charge on any atom is 0.356 e. The molecular weight excluding hydrogens is 334 g/mol. The van der Waals surface area contributed by atoms with E-state index in [0.29, 0.717) is 11.4 Å². The number of carboxylic acids is 1. The Kier molecular flexibility index (Phi) is 3.53. The number of pyridine rings is 1. The molecule has 2 heterocycles. The van der Waals surface area contributed by atoms with Gasteiger partial charge in [0.2, 0.25) is 0 Å². The van der Waals surface area contributed by atoms with Crippen LogP contribution in [-0.2, 0) is 0 Å². The van der Waals surface area contributed by atoms with Gasteiger partial charge in [0.25, 0.3) is 0 Å². The maximum absolute atomic E-state index is 11.2. The van der Waals surface area contributed by atoms with Gasteiger partial charge in [0.05, 0.1) is 17.1 Å². The van der Waals surface area contributed by atoms with Crippen molar-refractivity contribution in [2.45, 2.75) is 0 Å². The number of aromatic nitrogens is 3. The number of rotatable bonds is 3. The van der Waals surface area contributed by atoms with Gasteiger partial charge in [-0.2, -0.15) is 5.10 Å². The minimum absolute atomic E-state index is 0.0152. The second kappa shape index (κ2) is 5.49. The van der Waals surface area contributed by atoms with Gasteiger partial charge < -0.3 is 5.11 Å².